The molecule has 0 bridgehead atoms. The van der Waals surface area contributed by atoms with Crippen LogP contribution in [0.3, 0.4) is 0 Å². The maximum atomic E-state index is 13.8. The van der Waals surface area contributed by atoms with Gasteiger partial charge in [-0.25, -0.2) is 13.8 Å². The number of carboxylic acids is 1. The van der Waals surface area contributed by atoms with Crippen LogP contribution in [-0.2, 0) is 10.5 Å². The van der Waals surface area contributed by atoms with Crippen LogP contribution in [0.5, 0.6) is 0 Å². The van der Waals surface area contributed by atoms with Crippen LogP contribution in [0.1, 0.15) is 22.3 Å². The standard InChI is InChI=1S/C18H13F2NO3S/c19-13-6-3-4-10(16(13)20)9-25-18-12(8-15(22)23)17(24)11-5-1-2-7-14(11)21-18/h1-7,12H,8-9H2,(H,22,23). The van der Waals surface area contributed by atoms with E-state index >= 15 is 0 Å². The van der Waals surface area contributed by atoms with Crippen LogP contribution in [0.25, 0.3) is 0 Å². The molecule has 0 aromatic heterocycles. The average Bonchev–Trinajstić information content (AvgIpc) is 2.59. The first-order valence-electron chi connectivity index (χ1n) is 7.46. The molecule has 0 amide bonds. The van der Waals surface area contributed by atoms with Crippen molar-refractivity contribution in [2.45, 2.75) is 12.2 Å². The van der Waals surface area contributed by atoms with E-state index in [1.54, 1.807) is 24.3 Å². The Morgan fingerprint density at radius 3 is 2.68 bits per heavy atom. The fraction of sp³-hybridized carbons (Fsp3) is 0.167. The minimum Gasteiger partial charge on any atom is -0.481 e. The summed E-state index contributed by atoms with van der Waals surface area (Å²) in [4.78, 5) is 28.1. The van der Waals surface area contributed by atoms with Crippen LogP contribution in [0.2, 0.25) is 0 Å². The number of halogens is 2. The van der Waals surface area contributed by atoms with Gasteiger partial charge in [0.05, 0.1) is 23.1 Å². The Morgan fingerprint density at radius 1 is 1.16 bits per heavy atom. The molecule has 1 aliphatic heterocycles. The fourth-order valence-corrected chi connectivity index (χ4v) is 3.66. The molecular formula is C18H13F2NO3S. The summed E-state index contributed by atoms with van der Waals surface area (Å²) in [6, 6.07) is 10.5. The van der Waals surface area contributed by atoms with Crippen molar-refractivity contribution in [3.63, 3.8) is 0 Å². The molecule has 0 saturated carbocycles. The van der Waals surface area contributed by atoms with Gasteiger partial charge in [0, 0.05) is 16.9 Å². The SMILES string of the molecule is O=C(O)CC1C(=O)c2ccccc2N=C1SCc1cccc(F)c1F. The van der Waals surface area contributed by atoms with E-state index < -0.39 is 29.9 Å². The van der Waals surface area contributed by atoms with Crippen LogP contribution in [0, 0.1) is 17.6 Å². The normalized spacial score (nSPS) is 16.3. The molecule has 0 spiro atoms. The number of thioether (sulfide) groups is 1. The lowest BCUT2D eigenvalue weighted by atomic mass is 9.92. The van der Waals surface area contributed by atoms with Crippen molar-refractivity contribution in [2.24, 2.45) is 10.9 Å². The summed E-state index contributed by atoms with van der Waals surface area (Å²) in [6.07, 6.45) is -0.398. The molecule has 0 fully saturated rings. The third-order valence-electron chi connectivity index (χ3n) is 3.80. The number of carbonyl (C=O) groups is 2. The van der Waals surface area contributed by atoms with Gasteiger partial charge in [0.1, 0.15) is 0 Å². The van der Waals surface area contributed by atoms with Gasteiger partial charge in [-0.05, 0) is 18.2 Å². The van der Waals surface area contributed by atoms with Gasteiger partial charge in [-0.15, -0.1) is 11.8 Å². The highest BCUT2D eigenvalue weighted by molar-refractivity contribution is 8.13. The van der Waals surface area contributed by atoms with E-state index in [1.807, 2.05) is 0 Å². The van der Waals surface area contributed by atoms with Crippen molar-refractivity contribution >= 4 is 34.2 Å². The Hall–Kier alpha value is -2.54. The van der Waals surface area contributed by atoms with E-state index in [9.17, 15) is 18.4 Å². The lowest BCUT2D eigenvalue weighted by molar-refractivity contribution is -0.137. The first-order valence-corrected chi connectivity index (χ1v) is 8.45. The number of rotatable bonds is 4. The van der Waals surface area contributed by atoms with Crippen molar-refractivity contribution in [1.29, 1.82) is 0 Å². The lowest BCUT2D eigenvalue weighted by Gasteiger charge is -2.22. The molecule has 4 nitrogen and oxygen atoms in total. The van der Waals surface area contributed by atoms with Gasteiger partial charge in [-0.1, -0.05) is 24.3 Å². The second-order valence-corrected chi connectivity index (χ2v) is 6.48. The van der Waals surface area contributed by atoms with Crippen LogP contribution < -0.4 is 0 Å². The maximum absolute atomic E-state index is 13.8. The summed E-state index contributed by atoms with van der Waals surface area (Å²) >= 11 is 1.05. The molecule has 0 saturated heterocycles. The minimum absolute atomic E-state index is 0.0496. The number of Topliss-reactive ketones (excluding diaryl/α,β-unsaturated/α-hetero) is 1. The molecule has 1 aliphatic rings. The molecule has 25 heavy (non-hydrogen) atoms. The number of para-hydroxylation sites is 1. The molecule has 0 aliphatic carbocycles. The maximum Gasteiger partial charge on any atom is 0.304 e. The molecule has 1 atom stereocenters. The number of benzene rings is 2. The Balaban J connectivity index is 1.91. The molecule has 2 aromatic carbocycles. The molecule has 128 valence electrons. The highest BCUT2D eigenvalue weighted by atomic mass is 32.2. The third kappa shape index (κ3) is 3.61. The van der Waals surface area contributed by atoms with E-state index in [0.717, 1.165) is 17.8 Å². The average molecular weight is 361 g/mol. The van der Waals surface area contributed by atoms with Gasteiger partial charge in [-0.3, -0.25) is 9.59 Å². The van der Waals surface area contributed by atoms with Crippen molar-refractivity contribution in [3.8, 4) is 0 Å². The Kier molecular flexibility index (Phi) is 4.94. The number of nitrogens with zero attached hydrogens (tertiary/aromatic N) is 1. The zero-order chi connectivity index (χ0) is 18.0. The number of hydrogen-bond acceptors (Lipinski definition) is 4. The number of ketones is 1. The van der Waals surface area contributed by atoms with E-state index in [4.69, 9.17) is 5.11 Å². The van der Waals surface area contributed by atoms with E-state index in [0.29, 0.717) is 16.3 Å². The summed E-state index contributed by atoms with van der Waals surface area (Å²) in [5.74, 6) is -4.22. The second kappa shape index (κ2) is 7.14. The van der Waals surface area contributed by atoms with Crippen LogP contribution in [-0.4, -0.2) is 21.9 Å². The Bertz CT molecular complexity index is 882. The largest absolute Gasteiger partial charge is 0.481 e. The van der Waals surface area contributed by atoms with Crippen molar-refractivity contribution in [3.05, 3.63) is 65.2 Å². The molecule has 7 heteroatoms. The quantitative estimate of drug-likeness (QED) is 0.886. The van der Waals surface area contributed by atoms with Gasteiger partial charge in [-0.2, -0.15) is 0 Å². The van der Waals surface area contributed by atoms with E-state index in [2.05, 4.69) is 4.99 Å². The fourth-order valence-electron chi connectivity index (χ4n) is 2.58. The second-order valence-electron chi connectivity index (χ2n) is 5.48. The van der Waals surface area contributed by atoms with Crippen LogP contribution in [0.15, 0.2) is 47.5 Å². The Morgan fingerprint density at radius 2 is 1.92 bits per heavy atom. The third-order valence-corrected chi connectivity index (χ3v) is 4.93. The minimum atomic E-state index is -1.12. The van der Waals surface area contributed by atoms with Crippen LogP contribution >= 0.6 is 11.8 Å². The first-order chi connectivity index (χ1) is 12.0. The summed E-state index contributed by atoms with van der Waals surface area (Å²) in [7, 11) is 0. The van der Waals surface area contributed by atoms with Gasteiger partial charge < -0.3 is 5.11 Å². The number of aliphatic carboxylic acids is 1. The highest BCUT2D eigenvalue weighted by Gasteiger charge is 2.33. The van der Waals surface area contributed by atoms with Gasteiger partial charge >= 0.3 is 5.97 Å². The molecule has 2 aromatic rings. The molecule has 1 N–H and O–H groups in total. The van der Waals surface area contributed by atoms with Gasteiger partial charge in [0.25, 0.3) is 0 Å². The van der Waals surface area contributed by atoms with Gasteiger partial charge in [0.15, 0.2) is 17.4 Å². The predicted octanol–water partition coefficient (Wildman–Crippen LogP) is 4.22. The highest BCUT2D eigenvalue weighted by Crippen LogP contribution is 2.35. The lowest BCUT2D eigenvalue weighted by Crippen LogP contribution is -2.28. The van der Waals surface area contributed by atoms with E-state index in [1.165, 1.54) is 12.1 Å². The molecule has 3 rings (SSSR count). The zero-order valence-corrected chi connectivity index (χ0v) is 13.7. The molecular weight excluding hydrogens is 348 g/mol. The summed E-state index contributed by atoms with van der Waals surface area (Å²) in [5.41, 5.74) is 0.958. The van der Waals surface area contributed by atoms with Crippen molar-refractivity contribution < 1.29 is 23.5 Å². The summed E-state index contributed by atoms with van der Waals surface area (Å²) in [6.45, 7) is 0. The number of fused-ring (bicyclic) bond motifs is 1. The van der Waals surface area contributed by atoms with E-state index in [-0.39, 0.29) is 17.1 Å². The number of carboxylic acid groups (broad SMARTS) is 1. The number of carbonyl (C=O) groups excluding carboxylic acids is 1. The zero-order valence-electron chi connectivity index (χ0n) is 12.9. The molecule has 1 heterocycles. The molecule has 0 radical (unpaired) electrons. The molecule has 1 unspecified atom stereocenters. The summed E-state index contributed by atoms with van der Waals surface area (Å²) < 4.78 is 27.1. The predicted molar refractivity (Wildman–Crippen MR) is 91.3 cm³/mol. The van der Waals surface area contributed by atoms with Crippen LogP contribution in [0.4, 0.5) is 14.5 Å². The summed E-state index contributed by atoms with van der Waals surface area (Å²) in [5, 5.41) is 9.39. The number of aliphatic imine (C=N–C) groups is 1. The first kappa shape index (κ1) is 17.3. The smallest absolute Gasteiger partial charge is 0.304 e. The Labute approximate surface area is 146 Å². The monoisotopic (exact) mass is 361 g/mol. The van der Waals surface area contributed by atoms with Crippen molar-refractivity contribution in [2.75, 3.05) is 0 Å². The topological polar surface area (TPSA) is 66.7 Å². The van der Waals surface area contributed by atoms with Crippen molar-refractivity contribution in [1.82, 2.24) is 0 Å². The van der Waals surface area contributed by atoms with Gasteiger partial charge in [0.2, 0.25) is 0 Å². The number of hydrogen-bond donors (Lipinski definition) is 1.